The SMILES string of the molecule is CCC(NC(=S)Nc1cccc(C)c1)c1ccc(S(C)(=O)=O)cc1. The van der Waals surface area contributed by atoms with Crippen molar-refractivity contribution in [2.24, 2.45) is 0 Å². The van der Waals surface area contributed by atoms with Crippen molar-refractivity contribution < 1.29 is 8.42 Å². The summed E-state index contributed by atoms with van der Waals surface area (Å²) in [6, 6.07) is 14.9. The van der Waals surface area contributed by atoms with E-state index >= 15 is 0 Å². The van der Waals surface area contributed by atoms with Crippen molar-refractivity contribution in [2.45, 2.75) is 31.2 Å². The maximum Gasteiger partial charge on any atom is 0.175 e. The van der Waals surface area contributed by atoms with Crippen LogP contribution in [0.1, 0.15) is 30.5 Å². The van der Waals surface area contributed by atoms with Crippen LogP contribution < -0.4 is 10.6 Å². The van der Waals surface area contributed by atoms with Crippen LogP contribution in [0.3, 0.4) is 0 Å². The molecule has 0 radical (unpaired) electrons. The molecule has 4 nitrogen and oxygen atoms in total. The zero-order valence-corrected chi connectivity index (χ0v) is 15.7. The molecule has 0 aromatic heterocycles. The lowest BCUT2D eigenvalue weighted by molar-refractivity contribution is 0.601. The van der Waals surface area contributed by atoms with Gasteiger partial charge in [0.2, 0.25) is 0 Å². The van der Waals surface area contributed by atoms with Gasteiger partial charge in [0.15, 0.2) is 14.9 Å². The van der Waals surface area contributed by atoms with Gasteiger partial charge in [-0.05, 0) is 61.0 Å². The summed E-state index contributed by atoms with van der Waals surface area (Å²) in [5.74, 6) is 0. The third-order valence-electron chi connectivity index (χ3n) is 3.70. The van der Waals surface area contributed by atoms with Gasteiger partial charge in [-0.15, -0.1) is 0 Å². The second kappa shape index (κ2) is 7.77. The van der Waals surface area contributed by atoms with Crippen molar-refractivity contribution in [2.75, 3.05) is 11.6 Å². The van der Waals surface area contributed by atoms with Crippen LogP contribution in [-0.4, -0.2) is 19.8 Å². The lowest BCUT2D eigenvalue weighted by Gasteiger charge is -2.20. The molecule has 0 saturated carbocycles. The zero-order chi connectivity index (χ0) is 17.7. The number of anilines is 1. The van der Waals surface area contributed by atoms with Gasteiger partial charge < -0.3 is 10.6 Å². The zero-order valence-electron chi connectivity index (χ0n) is 14.0. The molecule has 1 atom stereocenters. The first kappa shape index (κ1) is 18.4. The van der Waals surface area contributed by atoms with Gasteiger partial charge in [0, 0.05) is 11.9 Å². The Hall–Kier alpha value is -1.92. The van der Waals surface area contributed by atoms with Crippen molar-refractivity contribution >= 4 is 32.9 Å². The van der Waals surface area contributed by atoms with E-state index in [4.69, 9.17) is 12.2 Å². The predicted octanol–water partition coefficient (Wildman–Crippen LogP) is 3.84. The molecule has 0 bridgehead atoms. The Morgan fingerprint density at radius 3 is 2.38 bits per heavy atom. The molecule has 128 valence electrons. The number of nitrogens with one attached hydrogen (secondary N) is 2. The summed E-state index contributed by atoms with van der Waals surface area (Å²) in [7, 11) is -3.18. The van der Waals surface area contributed by atoms with E-state index in [0.29, 0.717) is 10.0 Å². The fraction of sp³-hybridized carbons (Fsp3) is 0.278. The third-order valence-corrected chi connectivity index (χ3v) is 5.05. The highest BCUT2D eigenvalue weighted by Crippen LogP contribution is 2.19. The van der Waals surface area contributed by atoms with Crippen molar-refractivity contribution in [1.82, 2.24) is 5.32 Å². The van der Waals surface area contributed by atoms with Crippen LogP contribution in [-0.2, 0) is 9.84 Å². The van der Waals surface area contributed by atoms with Crippen LogP contribution in [0.2, 0.25) is 0 Å². The van der Waals surface area contributed by atoms with Crippen molar-refractivity contribution in [1.29, 1.82) is 0 Å². The molecule has 6 heteroatoms. The second-order valence-corrected chi connectivity index (χ2v) is 8.19. The van der Waals surface area contributed by atoms with Crippen LogP contribution >= 0.6 is 12.2 Å². The second-order valence-electron chi connectivity index (χ2n) is 5.77. The molecule has 24 heavy (non-hydrogen) atoms. The molecule has 2 aromatic rings. The quantitative estimate of drug-likeness (QED) is 0.792. The molecule has 0 fully saturated rings. The number of sulfone groups is 1. The molecule has 0 amide bonds. The van der Waals surface area contributed by atoms with Gasteiger partial charge >= 0.3 is 0 Å². The number of rotatable bonds is 5. The van der Waals surface area contributed by atoms with E-state index in [2.05, 4.69) is 17.6 Å². The Balaban J connectivity index is 2.07. The van der Waals surface area contributed by atoms with E-state index in [0.717, 1.165) is 23.2 Å². The lowest BCUT2D eigenvalue weighted by Crippen LogP contribution is -2.32. The van der Waals surface area contributed by atoms with Crippen LogP contribution in [0.25, 0.3) is 0 Å². The van der Waals surface area contributed by atoms with E-state index in [-0.39, 0.29) is 6.04 Å². The highest BCUT2D eigenvalue weighted by atomic mass is 32.2. The maximum absolute atomic E-state index is 11.5. The maximum atomic E-state index is 11.5. The van der Waals surface area contributed by atoms with Crippen LogP contribution in [0.4, 0.5) is 5.69 Å². The van der Waals surface area contributed by atoms with E-state index in [1.54, 1.807) is 12.1 Å². The Labute approximate surface area is 149 Å². The highest BCUT2D eigenvalue weighted by molar-refractivity contribution is 7.90. The van der Waals surface area contributed by atoms with Gasteiger partial charge in [-0.3, -0.25) is 0 Å². The smallest absolute Gasteiger partial charge is 0.175 e. The average molecular weight is 363 g/mol. The molecule has 2 N–H and O–H groups in total. The molecule has 1 unspecified atom stereocenters. The van der Waals surface area contributed by atoms with Crippen molar-refractivity contribution in [3.05, 3.63) is 59.7 Å². The molecular formula is C18H22N2O2S2. The van der Waals surface area contributed by atoms with E-state index in [1.807, 2.05) is 43.3 Å². The third kappa shape index (κ3) is 5.04. The number of aryl methyl sites for hydroxylation is 1. The summed E-state index contributed by atoms with van der Waals surface area (Å²) >= 11 is 5.39. The normalized spacial score (nSPS) is 12.5. The Bertz CT molecular complexity index is 815. The fourth-order valence-corrected chi connectivity index (χ4v) is 3.31. The molecule has 0 spiro atoms. The Morgan fingerprint density at radius 1 is 1.17 bits per heavy atom. The van der Waals surface area contributed by atoms with Crippen LogP contribution in [0, 0.1) is 6.92 Å². The van der Waals surface area contributed by atoms with Crippen LogP contribution in [0.15, 0.2) is 53.4 Å². The average Bonchev–Trinajstić information content (AvgIpc) is 2.52. The Kier molecular flexibility index (Phi) is 5.96. The van der Waals surface area contributed by atoms with Crippen LogP contribution in [0.5, 0.6) is 0 Å². The summed E-state index contributed by atoms with van der Waals surface area (Å²) in [5.41, 5.74) is 3.10. The first-order valence-corrected chi connectivity index (χ1v) is 10.0. The number of hydrogen-bond donors (Lipinski definition) is 2. The molecule has 0 aliphatic carbocycles. The summed E-state index contributed by atoms with van der Waals surface area (Å²) in [4.78, 5) is 0.321. The lowest BCUT2D eigenvalue weighted by atomic mass is 10.1. The van der Waals surface area contributed by atoms with E-state index < -0.39 is 9.84 Å². The minimum atomic E-state index is -3.18. The van der Waals surface area contributed by atoms with E-state index in [1.165, 1.54) is 6.26 Å². The van der Waals surface area contributed by atoms with Gasteiger partial charge in [-0.2, -0.15) is 0 Å². The predicted molar refractivity (Wildman–Crippen MR) is 103 cm³/mol. The topological polar surface area (TPSA) is 58.2 Å². The van der Waals surface area contributed by atoms with Crippen molar-refractivity contribution in [3.8, 4) is 0 Å². The number of benzene rings is 2. The van der Waals surface area contributed by atoms with E-state index in [9.17, 15) is 8.42 Å². The van der Waals surface area contributed by atoms with Gasteiger partial charge in [0.05, 0.1) is 10.9 Å². The summed E-state index contributed by atoms with van der Waals surface area (Å²) in [5, 5.41) is 7.00. The highest BCUT2D eigenvalue weighted by Gasteiger charge is 2.13. The standard InChI is InChI=1S/C18H22N2O2S2/c1-4-17(14-8-10-16(11-9-14)24(3,21)22)20-18(23)19-15-7-5-6-13(2)12-15/h5-12,17H,4H2,1-3H3,(H2,19,20,23). The summed E-state index contributed by atoms with van der Waals surface area (Å²) in [6.45, 7) is 4.08. The minimum Gasteiger partial charge on any atom is -0.356 e. The molecule has 2 rings (SSSR count). The molecule has 0 aliphatic heterocycles. The van der Waals surface area contributed by atoms with Gasteiger partial charge in [-0.25, -0.2) is 8.42 Å². The monoisotopic (exact) mass is 362 g/mol. The molecular weight excluding hydrogens is 340 g/mol. The van der Waals surface area contributed by atoms with Gasteiger partial charge in [0.25, 0.3) is 0 Å². The molecule has 0 heterocycles. The van der Waals surface area contributed by atoms with Gasteiger partial charge in [0.1, 0.15) is 0 Å². The molecule has 2 aromatic carbocycles. The first-order valence-electron chi connectivity index (χ1n) is 7.74. The number of hydrogen-bond acceptors (Lipinski definition) is 3. The summed E-state index contributed by atoms with van der Waals surface area (Å²) < 4.78 is 23.1. The molecule has 0 saturated heterocycles. The van der Waals surface area contributed by atoms with Crippen molar-refractivity contribution in [3.63, 3.8) is 0 Å². The summed E-state index contributed by atoms with van der Waals surface area (Å²) in [6.07, 6.45) is 2.03. The first-order chi connectivity index (χ1) is 11.3. The molecule has 0 aliphatic rings. The largest absolute Gasteiger partial charge is 0.356 e. The Morgan fingerprint density at radius 2 is 1.83 bits per heavy atom. The van der Waals surface area contributed by atoms with Gasteiger partial charge in [-0.1, -0.05) is 31.2 Å². The number of thiocarbonyl (C=S) groups is 1. The fourth-order valence-electron chi connectivity index (χ4n) is 2.42. The minimum absolute atomic E-state index is 0.0171.